The quantitative estimate of drug-likeness (QED) is 0.653. The van der Waals surface area contributed by atoms with E-state index in [0.29, 0.717) is 5.82 Å². The molecule has 4 atom stereocenters. The zero-order valence-electron chi connectivity index (χ0n) is 11.7. The number of halogens is 1. The van der Waals surface area contributed by atoms with Crippen LogP contribution in [0.5, 0.6) is 0 Å². The summed E-state index contributed by atoms with van der Waals surface area (Å²) in [5, 5.41) is 23.5. The third kappa shape index (κ3) is 1.90. The summed E-state index contributed by atoms with van der Waals surface area (Å²) in [6.07, 6.45) is -2.22. The van der Waals surface area contributed by atoms with Crippen molar-refractivity contribution in [3.05, 3.63) is 40.7 Å². The maximum absolute atomic E-state index is 14.5. The number of ether oxygens (including phenoxy) is 1. The van der Waals surface area contributed by atoms with Gasteiger partial charge in [0.25, 0.3) is 5.56 Å². The van der Waals surface area contributed by atoms with Gasteiger partial charge >= 0.3 is 0 Å². The Balaban J connectivity index is 2.13. The first-order chi connectivity index (χ1) is 10.4. The van der Waals surface area contributed by atoms with Crippen molar-refractivity contribution in [1.29, 1.82) is 0 Å². The largest absolute Gasteiger partial charge is 0.393 e. The SMILES string of the molecule is C=C[C@]1(CO)O[C@@H](c2cnc3c(=O)[nH]c(C)nn23)[C@H](F)[C@@H]1O. The van der Waals surface area contributed by atoms with Gasteiger partial charge in [-0.3, -0.25) is 4.79 Å². The van der Waals surface area contributed by atoms with Crippen molar-refractivity contribution in [2.24, 2.45) is 0 Å². The average Bonchev–Trinajstić information content (AvgIpc) is 3.01. The van der Waals surface area contributed by atoms with Crippen LogP contribution in [-0.2, 0) is 4.74 Å². The molecule has 0 unspecified atom stereocenters. The van der Waals surface area contributed by atoms with E-state index in [4.69, 9.17) is 4.74 Å². The van der Waals surface area contributed by atoms with Crippen molar-refractivity contribution >= 4 is 5.65 Å². The van der Waals surface area contributed by atoms with E-state index < -0.39 is 36.1 Å². The fraction of sp³-hybridized carbons (Fsp3) is 0.462. The van der Waals surface area contributed by atoms with Crippen LogP contribution < -0.4 is 5.56 Å². The normalized spacial score (nSPS) is 31.7. The summed E-state index contributed by atoms with van der Waals surface area (Å²) >= 11 is 0. The Kier molecular flexibility index (Phi) is 3.35. The molecular weight excluding hydrogens is 295 g/mol. The molecule has 2 aromatic rings. The fourth-order valence-electron chi connectivity index (χ4n) is 2.60. The van der Waals surface area contributed by atoms with Crippen LogP contribution in [0.2, 0.25) is 0 Å². The number of aromatic amines is 1. The van der Waals surface area contributed by atoms with E-state index in [1.165, 1.54) is 16.8 Å². The molecule has 1 saturated heterocycles. The lowest BCUT2D eigenvalue weighted by Crippen LogP contribution is -2.43. The summed E-state index contributed by atoms with van der Waals surface area (Å²) in [7, 11) is 0. The number of hydrogen-bond donors (Lipinski definition) is 3. The molecule has 1 fully saturated rings. The molecule has 3 N–H and O–H groups in total. The van der Waals surface area contributed by atoms with E-state index in [1.54, 1.807) is 6.92 Å². The average molecular weight is 310 g/mol. The number of aryl methyl sites for hydroxylation is 1. The zero-order chi connectivity index (χ0) is 16.1. The highest BCUT2D eigenvalue weighted by molar-refractivity contribution is 5.37. The number of aromatic nitrogens is 4. The molecule has 1 aliphatic rings. The predicted octanol–water partition coefficient (Wildman–Crippen LogP) is -0.587. The summed E-state index contributed by atoms with van der Waals surface area (Å²) in [4.78, 5) is 18.2. The third-order valence-electron chi connectivity index (χ3n) is 3.83. The molecule has 2 aromatic heterocycles. The highest BCUT2D eigenvalue weighted by Gasteiger charge is 2.54. The maximum atomic E-state index is 14.5. The number of imidazole rings is 1. The van der Waals surface area contributed by atoms with Crippen LogP contribution in [0, 0.1) is 6.92 Å². The van der Waals surface area contributed by atoms with Gasteiger partial charge in [0.15, 0.2) is 6.17 Å². The minimum absolute atomic E-state index is 0.00834. The second-order valence-electron chi connectivity index (χ2n) is 5.20. The molecule has 9 heteroatoms. The monoisotopic (exact) mass is 310 g/mol. The number of aliphatic hydroxyl groups excluding tert-OH is 2. The smallest absolute Gasteiger partial charge is 0.294 e. The molecule has 0 amide bonds. The second kappa shape index (κ2) is 4.97. The predicted molar refractivity (Wildman–Crippen MR) is 73.1 cm³/mol. The van der Waals surface area contributed by atoms with Crippen LogP contribution in [-0.4, -0.2) is 54.3 Å². The molecule has 118 valence electrons. The van der Waals surface area contributed by atoms with Crippen LogP contribution in [0.4, 0.5) is 4.39 Å². The maximum Gasteiger partial charge on any atom is 0.294 e. The summed E-state index contributed by atoms with van der Waals surface area (Å²) in [6, 6.07) is 0. The minimum atomic E-state index is -1.83. The fourth-order valence-corrected chi connectivity index (χ4v) is 2.60. The van der Waals surface area contributed by atoms with Crippen LogP contribution in [0.1, 0.15) is 17.6 Å². The molecule has 8 nitrogen and oxygen atoms in total. The molecular formula is C13H15FN4O4. The Hall–Kier alpha value is -2.10. The Morgan fingerprint density at radius 1 is 1.68 bits per heavy atom. The number of rotatable bonds is 3. The van der Waals surface area contributed by atoms with Crippen LogP contribution in [0.15, 0.2) is 23.6 Å². The van der Waals surface area contributed by atoms with Crippen LogP contribution >= 0.6 is 0 Å². The van der Waals surface area contributed by atoms with Gasteiger partial charge in [0, 0.05) is 0 Å². The first-order valence-electron chi connectivity index (χ1n) is 6.62. The van der Waals surface area contributed by atoms with Gasteiger partial charge in [-0.15, -0.1) is 6.58 Å². The lowest BCUT2D eigenvalue weighted by molar-refractivity contribution is -0.0798. The molecule has 1 aliphatic heterocycles. The van der Waals surface area contributed by atoms with Crippen molar-refractivity contribution in [2.45, 2.75) is 30.9 Å². The van der Waals surface area contributed by atoms with E-state index in [1.807, 2.05) is 0 Å². The van der Waals surface area contributed by atoms with Gasteiger partial charge in [0.1, 0.15) is 23.6 Å². The zero-order valence-corrected chi connectivity index (χ0v) is 11.7. The summed E-state index contributed by atoms with van der Waals surface area (Å²) in [5.41, 5.74) is -1.91. The van der Waals surface area contributed by atoms with Crippen molar-refractivity contribution in [3.8, 4) is 0 Å². The molecule has 3 heterocycles. The van der Waals surface area contributed by atoms with E-state index in [2.05, 4.69) is 21.6 Å². The number of hydrogen-bond acceptors (Lipinski definition) is 6. The molecule has 0 aromatic carbocycles. The number of nitrogens with one attached hydrogen (secondary N) is 1. The lowest BCUT2D eigenvalue weighted by atomic mass is 9.96. The van der Waals surface area contributed by atoms with E-state index in [-0.39, 0.29) is 11.3 Å². The summed E-state index contributed by atoms with van der Waals surface area (Å²) in [5.74, 6) is 0.322. The van der Waals surface area contributed by atoms with Gasteiger partial charge in [-0.2, -0.15) is 5.10 Å². The summed E-state index contributed by atoms with van der Waals surface area (Å²) in [6.45, 7) is 4.42. The van der Waals surface area contributed by atoms with Crippen LogP contribution in [0.3, 0.4) is 0 Å². The second-order valence-corrected chi connectivity index (χ2v) is 5.20. The van der Waals surface area contributed by atoms with E-state index in [9.17, 15) is 19.4 Å². The topological polar surface area (TPSA) is 113 Å². The Morgan fingerprint density at radius 3 is 3.00 bits per heavy atom. The highest BCUT2D eigenvalue weighted by Crippen LogP contribution is 2.42. The molecule has 3 rings (SSSR count). The minimum Gasteiger partial charge on any atom is -0.393 e. The van der Waals surface area contributed by atoms with Crippen molar-refractivity contribution in [2.75, 3.05) is 6.61 Å². The third-order valence-corrected chi connectivity index (χ3v) is 3.83. The van der Waals surface area contributed by atoms with Gasteiger partial charge in [0.2, 0.25) is 5.65 Å². The highest BCUT2D eigenvalue weighted by atomic mass is 19.1. The number of nitrogens with zero attached hydrogens (tertiary/aromatic N) is 3. The lowest BCUT2D eigenvalue weighted by Gasteiger charge is -2.25. The van der Waals surface area contributed by atoms with Crippen LogP contribution in [0.25, 0.3) is 5.65 Å². The molecule has 0 bridgehead atoms. The van der Waals surface area contributed by atoms with Gasteiger partial charge in [-0.05, 0) is 6.92 Å². The van der Waals surface area contributed by atoms with Crippen molar-refractivity contribution in [3.63, 3.8) is 0 Å². The van der Waals surface area contributed by atoms with Crippen molar-refractivity contribution in [1.82, 2.24) is 19.6 Å². The first kappa shape index (κ1) is 14.8. The molecule has 0 spiro atoms. The Bertz CT molecular complexity index is 788. The van der Waals surface area contributed by atoms with E-state index in [0.717, 1.165) is 0 Å². The van der Waals surface area contributed by atoms with E-state index >= 15 is 0 Å². The Morgan fingerprint density at radius 2 is 2.41 bits per heavy atom. The van der Waals surface area contributed by atoms with Gasteiger partial charge < -0.3 is 19.9 Å². The van der Waals surface area contributed by atoms with Gasteiger partial charge in [-0.25, -0.2) is 13.9 Å². The number of alkyl halides is 1. The molecule has 0 aliphatic carbocycles. The molecule has 0 radical (unpaired) electrons. The molecule has 22 heavy (non-hydrogen) atoms. The van der Waals surface area contributed by atoms with Gasteiger partial charge in [-0.1, -0.05) is 6.08 Å². The number of aliphatic hydroxyl groups is 2. The Labute approximate surface area is 123 Å². The summed E-state index contributed by atoms with van der Waals surface area (Å²) < 4.78 is 21.1. The van der Waals surface area contributed by atoms with Gasteiger partial charge in [0.05, 0.1) is 18.5 Å². The number of H-pyrrole nitrogens is 1. The van der Waals surface area contributed by atoms with Crippen molar-refractivity contribution < 1.29 is 19.3 Å². The molecule has 0 saturated carbocycles. The first-order valence-corrected chi connectivity index (χ1v) is 6.62. The number of fused-ring (bicyclic) bond motifs is 1. The standard InChI is InChI=1S/C13H15FN4O4/c1-3-13(5-19)10(20)8(14)9(22-13)7-4-15-11-12(21)16-6(2)17-18(7)11/h3-4,8-10,19-20H,1,5H2,2H3,(H,16,17,21)/t8-,9-,10-,13+/m0/s1.